The molecule has 1 saturated heterocycles. The highest BCUT2D eigenvalue weighted by molar-refractivity contribution is 5.75. The van der Waals surface area contributed by atoms with Crippen LogP contribution in [0.25, 0.3) is 5.57 Å². The summed E-state index contributed by atoms with van der Waals surface area (Å²) in [6.45, 7) is 8.61. The fourth-order valence-electron chi connectivity index (χ4n) is 6.19. The van der Waals surface area contributed by atoms with Crippen LogP contribution in [0.15, 0.2) is 59.1 Å². The van der Waals surface area contributed by atoms with E-state index < -0.39 is 0 Å². The van der Waals surface area contributed by atoms with Crippen LogP contribution in [0.2, 0.25) is 0 Å². The summed E-state index contributed by atoms with van der Waals surface area (Å²) in [6, 6.07) is 18.0. The number of benzene rings is 2. The molecule has 2 N–H and O–H groups in total. The molecule has 1 unspecified atom stereocenters. The molecule has 0 radical (unpaired) electrons. The molecule has 2 aromatic carbocycles. The number of fused-ring (bicyclic) bond motifs is 1. The maximum Gasteiger partial charge on any atom is 0.337 e. The van der Waals surface area contributed by atoms with Gasteiger partial charge in [0.05, 0.1) is 5.92 Å². The summed E-state index contributed by atoms with van der Waals surface area (Å²) in [5.41, 5.74) is 5.41. The molecule has 7 nitrogen and oxygen atoms in total. The van der Waals surface area contributed by atoms with Crippen molar-refractivity contribution in [1.82, 2.24) is 10.1 Å². The highest BCUT2D eigenvalue weighted by Gasteiger charge is 2.30. The van der Waals surface area contributed by atoms with Crippen molar-refractivity contribution in [1.29, 1.82) is 0 Å². The van der Waals surface area contributed by atoms with E-state index in [2.05, 4.69) is 88.1 Å². The first-order valence-corrected chi connectivity index (χ1v) is 15.0. The lowest BCUT2D eigenvalue weighted by atomic mass is 9.86. The van der Waals surface area contributed by atoms with Crippen LogP contribution in [0.5, 0.6) is 5.75 Å². The molecule has 1 fully saturated rings. The third kappa shape index (κ3) is 5.93. The van der Waals surface area contributed by atoms with E-state index in [0.717, 1.165) is 82.9 Å². The number of aromatic nitrogens is 2. The van der Waals surface area contributed by atoms with E-state index >= 15 is 0 Å². The van der Waals surface area contributed by atoms with Gasteiger partial charge in [-0.15, -0.1) is 0 Å². The minimum atomic E-state index is 0.215. The van der Waals surface area contributed by atoms with Gasteiger partial charge in [-0.2, -0.15) is 9.56 Å². The molecule has 1 aliphatic carbocycles. The lowest BCUT2D eigenvalue weighted by Gasteiger charge is -2.29. The highest BCUT2D eigenvalue weighted by Crippen LogP contribution is 2.32. The van der Waals surface area contributed by atoms with Crippen LogP contribution >= 0.6 is 0 Å². The van der Waals surface area contributed by atoms with E-state index in [0.29, 0.717) is 17.8 Å². The molecule has 210 valence electrons. The normalized spacial score (nSPS) is 21.2. The van der Waals surface area contributed by atoms with E-state index in [1.54, 1.807) is 0 Å². The number of allylic oxidation sites excluding steroid dienone is 2. The molecular weight excluding hydrogens is 500 g/mol. The number of piperidine rings is 1. The Labute approximate surface area is 237 Å². The Kier molecular flexibility index (Phi) is 7.89. The first-order chi connectivity index (χ1) is 19.5. The number of hydrogen-bond donors (Lipinski definition) is 1. The summed E-state index contributed by atoms with van der Waals surface area (Å²) in [6.07, 6.45) is 8.38. The molecule has 0 saturated carbocycles. The summed E-state index contributed by atoms with van der Waals surface area (Å²) < 4.78 is 12.6. The average Bonchev–Trinajstić information content (AvgIpc) is 3.51. The van der Waals surface area contributed by atoms with Gasteiger partial charge in [-0.3, -0.25) is 0 Å². The first kappa shape index (κ1) is 26.6. The van der Waals surface area contributed by atoms with Gasteiger partial charge in [-0.25, -0.2) is 0 Å². The number of aliphatic hydroxyl groups excluding tert-OH is 1. The van der Waals surface area contributed by atoms with Crippen molar-refractivity contribution < 1.29 is 18.9 Å². The Hall–Kier alpha value is -3.61. The molecule has 6 rings (SSSR count). The molecule has 2 aliphatic heterocycles. The predicted octanol–water partition coefficient (Wildman–Crippen LogP) is 6.26. The van der Waals surface area contributed by atoms with E-state index in [-0.39, 0.29) is 11.8 Å². The van der Waals surface area contributed by atoms with Crippen LogP contribution in [0.3, 0.4) is 0 Å². The molecule has 3 aromatic rings. The van der Waals surface area contributed by atoms with Gasteiger partial charge in [0.25, 0.3) is 5.75 Å². The summed E-state index contributed by atoms with van der Waals surface area (Å²) in [4.78, 5) is 6.75. The van der Waals surface area contributed by atoms with Gasteiger partial charge in [-0.05, 0) is 60.9 Å². The number of aliphatic hydroxyl groups is 2. The maximum absolute atomic E-state index is 11.1. The minimum Gasteiger partial charge on any atom is -0.582 e. The molecule has 3 aliphatic rings. The Morgan fingerprint density at radius 3 is 2.52 bits per heavy atom. The van der Waals surface area contributed by atoms with Gasteiger partial charge < -0.3 is 19.3 Å². The quantitative estimate of drug-likeness (QED) is 0.217. The first-order valence-electron chi connectivity index (χ1n) is 15.0. The van der Waals surface area contributed by atoms with Crippen molar-refractivity contribution in [2.45, 2.75) is 64.8 Å². The summed E-state index contributed by atoms with van der Waals surface area (Å²) in [5, 5.41) is 15.2. The largest absolute Gasteiger partial charge is 0.582 e. The van der Waals surface area contributed by atoms with Crippen LogP contribution in [0.1, 0.15) is 74.4 Å². The van der Waals surface area contributed by atoms with Crippen molar-refractivity contribution in [3.8, 4) is 5.75 Å². The van der Waals surface area contributed by atoms with Crippen molar-refractivity contribution in [2.75, 3.05) is 31.1 Å². The van der Waals surface area contributed by atoms with Crippen molar-refractivity contribution in [3.63, 3.8) is 0 Å². The number of nitrogens with zero attached hydrogens (tertiary/aromatic N) is 4. The summed E-state index contributed by atoms with van der Waals surface area (Å²) >= 11 is 0. The topological polar surface area (TPSA) is 78.2 Å². The second-order valence-corrected chi connectivity index (χ2v) is 11.9. The Morgan fingerprint density at radius 2 is 1.82 bits per heavy atom. The van der Waals surface area contributed by atoms with Crippen LogP contribution in [-0.2, 0) is 13.0 Å². The van der Waals surface area contributed by atoms with E-state index in [1.165, 1.54) is 22.3 Å². The highest BCUT2D eigenvalue weighted by atomic mass is 16.5. The number of rotatable bonds is 7. The SMILES string of the molecule is CC(C)c1noc(N2CCC(C[OH+]c3ccc(C4=CCC(C(O)=[N+]5CCc6ccccc6C5)CC4)cc3)CC2)n1. The maximum atomic E-state index is 11.1. The third-order valence-corrected chi connectivity index (χ3v) is 8.83. The number of ether oxygens (including phenoxy) is 1. The summed E-state index contributed by atoms with van der Waals surface area (Å²) in [5.74, 6) is 3.48. The van der Waals surface area contributed by atoms with E-state index in [1.807, 2.05) is 0 Å². The average molecular weight is 543 g/mol. The molecule has 40 heavy (non-hydrogen) atoms. The van der Waals surface area contributed by atoms with E-state index in [4.69, 9.17) is 9.26 Å². The zero-order valence-corrected chi connectivity index (χ0v) is 23.8. The fraction of sp³-hybridized carbons (Fsp3) is 0.485. The summed E-state index contributed by atoms with van der Waals surface area (Å²) in [7, 11) is 0. The Morgan fingerprint density at radius 1 is 1.05 bits per heavy atom. The van der Waals surface area contributed by atoms with Crippen molar-refractivity contribution >= 4 is 17.5 Å². The third-order valence-electron chi connectivity index (χ3n) is 8.83. The van der Waals surface area contributed by atoms with Crippen LogP contribution in [0.4, 0.5) is 6.01 Å². The Bertz CT molecular complexity index is 1370. The second-order valence-electron chi connectivity index (χ2n) is 11.9. The van der Waals surface area contributed by atoms with Gasteiger partial charge in [0.1, 0.15) is 0 Å². The lowest BCUT2D eigenvalue weighted by molar-refractivity contribution is -0.557. The van der Waals surface area contributed by atoms with Crippen molar-refractivity contribution in [2.24, 2.45) is 11.8 Å². The number of aromatic hydroxyl groups is 1. The lowest BCUT2D eigenvalue weighted by Crippen LogP contribution is -2.35. The van der Waals surface area contributed by atoms with Gasteiger partial charge in [0.15, 0.2) is 25.5 Å². The molecule has 0 amide bonds. The molecule has 1 atom stereocenters. The molecule has 0 spiro atoms. The molecular formula is C33H42N4O3+2. The number of hydrogen-bond acceptors (Lipinski definition) is 4. The second kappa shape index (κ2) is 11.9. The number of anilines is 1. The predicted molar refractivity (Wildman–Crippen MR) is 158 cm³/mol. The van der Waals surface area contributed by atoms with Crippen LogP contribution in [0, 0.1) is 11.8 Å². The fourth-order valence-corrected chi connectivity index (χ4v) is 6.19. The smallest absolute Gasteiger partial charge is 0.337 e. The Balaban J connectivity index is 0.979. The molecule has 1 aromatic heterocycles. The van der Waals surface area contributed by atoms with Gasteiger partial charge in [0, 0.05) is 49.0 Å². The van der Waals surface area contributed by atoms with Crippen LogP contribution < -0.4 is 4.90 Å². The minimum absolute atomic E-state index is 0.215. The zero-order chi connectivity index (χ0) is 27.5. The standard InChI is InChI=1S/C33H40N4O3/c1-23(2)31-34-33(40-35-31)36-18-15-24(16-19-36)22-39-30-13-11-27(12-14-30)26-7-9-28(10-8-26)32(38)37-20-17-25-5-3-4-6-29(25)21-37/h3-7,11-14,23-24,28H,8-10,15-22H2,1-2H3/p+2. The van der Waals surface area contributed by atoms with E-state index in [9.17, 15) is 5.11 Å². The molecule has 0 bridgehead atoms. The van der Waals surface area contributed by atoms with Gasteiger partial charge in [-0.1, -0.05) is 49.3 Å². The monoisotopic (exact) mass is 542 g/mol. The van der Waals surface area contributed by atoms with Crippen LogP contribution in [-0.4, -0.2) is 56.7 Å². The van der Waals surface area contributed by atoms with Gasteiger partial charge in [0.2, 0.25) is 0 Å². The zero-order valence-electron chi connectivity index (χ0n) is 23.8. The molecule has 7 heteroatoms. The van der Waals surface area contributed by atoms with Crippen molar-refractivity contribution in [3.05, 3.63) is 77.1 Å². The molecule has 3 heterocycles. The van der Waals surface area contributed by atoms with Gasteiger partial charge >= 0.3 is 11.9 Å².